The van der Waals surface area contributed by atoms with Gasteiger partial charge < -0.3 is 14.4 Å². The Bertz CT molecular complexity index is 2820. The van der Waals surface area contributed by atoms with Crippen LogP contribution in [0.4, 0.5) is 34.1 Å². The molecular weight excluding hydrogens is 1080 g/mol. The number of aryl methyl sites for hydroxylation is 2. The van der Waals surface area contributed by atoms with E-state index in [2.05, 4.69) is 204 Å². The van der Waals surface area contributed by atoms with E-state index in [9.17, 15) is 0 Å². The molecule has 0 radical (unpaired) electrons. The van der Waals surface area contributed by atoms with Crippen LogP contribution in [0.25, 0.3) is 20.2 Å². The number of fused-ring (bicyclic) bond motifs is 2. The molecule has 4 heterocycles. The molecule has 6 aromatic carbocycles. The van der Waals surface area contributed by atoms with Crippen molar-refractivity contribution in [1.82, 2.24) is 0 Å². The molecule has 0 saturated carbocycles. The Hall–Kier alpha value is -3.43. The van der Waals surface area contributed by atoms with Crippen LogP contribution in [-0.4, -0.2) is 62.1 Å². The van der Waals surface area contributed by atoms with Gasteiger partial charge in [-0.3, -0.25) is 0 Å². The van der Waals surface area contributed by atoms with E-state index in [4.69, 9.17) is 27.9 Å². The topological polar surface area (TPSA) is 43.4 Å². The molecule has 0 unspecified atom stereocenters. The summed E-state index contributed by atoms with van der Waals surface area (Å²) in [6.45, 7) is 6.89. The van der Waals surface area contributed by atoms with Crippen LogP contribution in [0.5, 0.6) is 0 Å². The second kappa shape index (κ2) is 21.2. The molecule has 0 N–H and O–H groups in total. The minimum absolute atomic E-state index is 0.247. The quantitative estimate of drug-likeness (QED) is 0.134. The van der Waals surface area contributed by atoms with Gasteiger partial charge in [-0.25, -0.2) is 0 Å². The Balaban J connectivity index is 0.000000162. The van der Waals surface area contributed by atoms with Crippen molar-refractivity contribution in [2.24, 2.45) is 0 Å². The van der Waals surface area contributed by atoms with Crippen molar-refractivity contribution in [2.45, 2.75) is 56.1 Å². The van der Waals surface area contributed by atoms with Crippen molar-refractivity contribution in [2.75, 3.05) is 36.2 Å². The molecule has 2 aromatic heterocycles. The predicted octanol–water partition coefficient (Wildman–Crippen LogP) is 16.1. The summed E-state index contributed by atoms with van der Waals surface area (Å²) in [6.07, 6.45) is -0.496. The summed E-state index contributed by atoms with van der Waals surface area (Å²) in [4.78, 5) is 18.6. The first kappa shape index (κ1) is 48.0. The van der Waals surface area contributed by atoms with E-state index in [1.54, 1.807) is 14.2 Å². The van der Waals surface area contributed by atoms with Gasteiger partial charge >= 0.3 is 227 Å². The molecule has 0 bridgehead atoms. The average Bonchev–Trinajstić information content (AvgIpc) is 4.12. The molecule has 10 rings (SSSR count). The van der Waals surface area contributed by atoms with E-state index in [-0.39, 0.29) is 12.6 Å². The van der Waals surface area contributed by atoms with E-state index in [1.165, 1.54) is 37.0 Å². The van der Waals surface area contributed by atoms with Gasteiger partial charge in [-0.2, -0.15) is 0 Å². The summed E-state index contributed by atoms with van der Waals surface area (Å²) in [7, 11) is 5.74. The molecule has 2 aliphatic heterocycles. The number of benzene rings is 6. The third-order valence-corrected chi connectivity index (χ3v) is 22.2. The molecule has 0 atom stereocenters. The Labute approximate surface area is 405 Å². The minimum atomic E-state index is -2.10. The zero-order valence-corrected chi connectivity index (χ0v) is 46.7. The molecule has 2 aliphatic rings. The molecule has 2 fully saturated rings. The number of hydrogen-bond acceptors (Lipinski definition) is 8. The first-order chi connectivity index (χ1) is 31.2. The van der Waals surface area contributed by atoms with Crippen LogP contribution in [0.2, 0.25) is 29.6 Å². The molecular formula is C54H59ClN2O4S2Sn2. The third-order valence-electron chi connectivity index (χ3n) is 10.8. The van der Waals surface area contributed by atoms with Crippen molar-refractivity contribution in [1.29, 1.82) is 0 Å². The number of rotatable bonds is 9. The summed E-state index contributed by atoms with van der Waals surface area (Å²) < 4.78 is 26.9. The van der Waals surface area contributed by atoms with Gasteiger partial charge in [0.05, 0.1) is 26.4 Å². The van der Waals surface area contributed by atoms with Gasteiger partial charge in [-0.15, -0.1) is 11.3 Å². The summed E-state index contributed by atoms with van der Waals surface area (Å²) in [5.74, 6) is 0. The van der Waals surface area contributed by atoms with Gasteiger partial charge in [0.1, 0.15) is 0 Å². The third kappa shape index (κ3) is 12.6. The average molecular weight is 1140 g/mol. The Morgan fingerprint density at radius 3 is 1.34 bits per heavy atom. The van der Waals surface area contributed by atoms with Crippen LogP contribution in [-0.2, 0) is 18.9 Å². The number of hydrogen-bond donors (Lipinski definition) is 0. The van der Waals surface area contributed by atoms with Gasteiger partial charge in [-0.05, 0) is 71.8 Å². The molecule has 0 spiro atoms. The van der Waals surface area contributed by atoms with Crippen LogP contribution in [0, 0.1) is 13.8 Å². The second-order valence-corrected chi connectivity index (χ2v) is 55.3. The second-order valence-electron chi connectivity index (χ2n) is 18.5. The van der Waals surface area contributed by atoms with Crippen LogP contribution in [0.3, 0.4) is 0 Å². The molecule has 0 aliphatic carbocycles. The first-order valence-electron chi connectivity index (χ1n) is 22.3. The summed E-state index contributed by atoms with van der Waals surface area (Å²) in [5, 5.41) is 4.75. The number of halogens is 1. The maximum absolute atomic E-state index is 5.74. The summed E-state index contributed by atoms with van der Waals surface area (Å²) in [6, 6.07) is 52.5. The summed E-state index contributed by atoms with van der Waals surface area (Å²) in [5.41, 5.74) is 11.5. The summed E-state index contributed by atoms with van der Waals surface area (Å²) >= 11 is -0.0506. The zero-order chi connectivity index (χ0) is 45.7. The van der Waals surface area contributed by atoms with Gasteiger partial charge in [-0.1, -0.05) is 24.3 Å². The first-order valence-corrected chi connectivity index (χ1v) is 46.1. The molecule has 0 amide bonds. The molecule has 11 heteroatoms. The van der Waals surface area contributed by atoms with Crippen molar-refractivity contribution in [3.05, 3.63) is 173 Å². The monoisotopic (exact) mass is 1140 g/mol. The Kier molecular flexibility index (Phi) is 15.7. The Morgan fingerprint density at radius 2 is 0.892 bits per heavy atom. The van der Waals surface area contributed by atoms with E-state index in [1.807, 2.05) is 11.3 Å². The van der Waals surface area contributed by atoms with Gasteiger partial charge in [0, 0.05) is 27.3 Å². The van der Waals surface area contributed by atoms with Crippen LogP contribution in [0.15, 0.2) is 151 Å². The van der Waals surface area contributed by atoms with Crippen molar-refractivity contribution >= 4 is 124 Å². The molecule has 8 aromatic rings. The maximum atomic E-state index is 5.74. The standard InChI is InChI=1S/C24H21NO2S.C24H20NO2S.6CH3.ClH.2Sn/c2*1-17-3-2-4-21(15-17)25(22-9-10-23-19(16-22)11-14-28-23)20-7-5-18(6-8-20)24-26-12-13-27-24;;;;;;;;;/h2-11,14-16,24H,12-13H2,1H3;2-11,15-16,24H,12-13H2,1H3;6*1H3;1H;;/q;;;;;;;;;;+1/p-1. The molecule has 336 valence electrons. The van der Waals surface area contributed by atoms with E-state index in [0.29, 0.717) is 26.4 Å². The van der Waals surface area contributed by atoms with E-state index in [0.717, 1.165) is 39.6 Å². The SMILES string of the molecule is Cc1cccc(N(c2ccc(C3OCCO3)cc2)c2ccc3s[c]([Sn]([CH3])([CH3])[CH3])cc3c2)c1.Cc1cccc(N(c2ccc(C3OCCO3)cc2)c2ccc3sccc3c2)c1.[CH3][Sn]([CH3])([CH3])[Cl]. The zero-order valence-electron chi connectivity index (χ0n) is 38.6. The fourth-order valence-electron chi connectivity index (χ4n) is 7.72. The van der Waals surface area contributed by atoms with E-state index < -0.39 is 35.6 Å². The predicted molar refractivity (Wildman–Crippen MR) is 284 cm³/mol. The van der Waals surface area contributed by atoms with Crippen LogP contribution >= 0.6 is 31.6 Å². The van der Waals surface area contributed by atoms with Crippen molar-refractivity contribution in [3.8, 4) is 0 Å². The number of nitrogens with zero attached hydrogens (tertiary/aromatic N) is 2. The van der Waals surface area contributed by atoms with Gasteiger partial charge in [0.2, 0.25) is 0 Å². The van der Waals surface area contributed by atoms with Crippen LogP contribution < -0.4 is 12.7 Å². The van der Waals surface area contributed by atoms with Gasteiger partial charge in [0.15, 0.2) is 6.29 Å². The van der Waals surface area contributed by atoms with Crippen molar-refractivity contribution in [3.63, 3.8) is 0 Å². The number of ether oxygens (including phenoxy) is 4. The normalized spacial score (nSPS) is 14.5. The fourth-order valence-corrected chi connectivity index (χ4v) is 14.8. The number of thiophene rings is 2. The molecule has 2 saturated heterocycles. The van der Waals surface area contributed by atoms with Crippen LogP contribution in [0.1, 0.15) is 34.8 Å². The molecule has 6 nitrogen and oxygen atoms in total. The van der Waals surface area contributed by atoms with E-state index >= 15 is 0 Å². The molecule has 65 heavy (non-hydrogen) atoms. The number of anilines is 6. The Morgan fingerprint density at radius 1 is 0.477 bits per heavy atom. The fraction of sp³-hybridized carbons (Fsp3) is 0.259. The van der Waals surface area contributed by atoms with Gasteiger partial charge in [0.25, 0.3) is 0 Å². The van der Waals surface area contributed by atoms with Crippen molar-refractivity contribution < 1.29 is 18.9 Å².